The monoisotopic (exact) mass is 502 g/mol. The van der Waals surface area contributed by atoms with Crippen molar-refractivity contribution in [3.8, 4) is 0 Å². The van der Waals surface area contributed by atoms with Crippen molar-refractivity contribution in [1.82, 2.24) is 0 Å². The van der Waals surface area contributed by atoms with Crippen LogP contribution in [-0.4, -0.2) is 12.6 Å². The summed E-state index contributed by atoms with van der Waals surface area (Å²) in [6, 6.07) is 0. The van der Waals surface area contributed by atoms with Crippen LogP contribution in [-0.2, 0) is 9.53 Å². The fourth-order valence-electron chi connectivity index (χ4n) is 4.39. The second-order valence-corrected chi connectivity index (χ2v) is 10.9. The summed E-state index contributed by atoms with van der Waals surface area (Å²) in [4.78, 5) is 11.9. The number of allylic oxidation sites excluding steroid dienone is 6. The first-order valence-electron chi connectivity index (χ1n) is 15.8. The van der Waals surface area contributed by atoms with Gasteiger partial charge in [0.05, 0.1) is 6.61 Å². The molecular formula is C34H62O2. The molecule has 0 fully saturated rings. The minimum absolute atomic E-state index is 0.00423. The van der Waals surface area contributed by atoms with Gasteiger partial charge in [0.2, 0.25) is 0 Å². The molecule has 0 aromatic rings. The molecule has 0 aromatic carbocycles. The first kappa shape index (κ1) is 34.7. The third kappa shape index (κ3) is 30.7. The van der Waals surface area contributed by atoms with E-state index in [1.165, 1.54) is 96.3 Å². The second-order valence-electron chi connectivity index (χ2n) is 10.9. The van der Waals surface area contributed by atoms with Crippen molar-refractivity contribution in [3.05, 3.63) is 36.5 Å². The molecule has 0 aliphatic rings. The Balaban J connectivity index is 3.25. The van der Waals surface area contributed by atoms with Crippen LogP contribution in [0.1, 0.15) is 162 Å². The van der Waals surface area contributed by atoms with Gasteiger partial charge >= 0.3 is 5.97 Å². The lowest BCUT2D eigenvalue weighted by atomic mass is 10.0. The standard InChI is InChI=1S/C34H62O2/c1-4-5-6-7-8-9-10-11-12-13-16-19-22-25-28-31-34(35)36-32-29-26-23-20-17-14-15-18-21-24-27-30-33(2)3/h5-6,8-9,11-12,33H,4,7,10,13-32H2,1-3H3/b6-5-,9-8-,12-11-. The molecule has 0 N–H and O–H groups in total. The van der Waals surface area contributed by atoms with Crippen LogP contribution in [0.2, 0.25) is 0 Å². The summed E-state index contributed by atoms with van der Waals surface area (Å²) in [5.74, 6) is 0.868. The normalized spacial score (nSPS) is 12.1. The van der Waals surface area contributed by atoms with Crippen molar-refractivity contribution in [2.45, 2.75) is 162 Å². The fraction of sp³-hybridized carbons (Fsp3) is 0.794. The quantitative estimate of drug-likeness (QED) is 0.0634. The van der Waals surface area contributed by atoms with E-state index in [1.807, 2.05) is 0 Å². The van der Waals surface area contributed by atoms with E-state index >= 15 is 0 Å². The average Bonchev–Trinajstić information content (AvgIpc) is 2.86. The van der Waals surface area contributed by atoms with Crippen LogP contribution < -0.4 is 0 Å². The Morgan fingerprint density at radius 1 is 0.583 bits per heavy atom. The lowest BCUT2D eigenvalue weighted by molar-refractivity contribution is -0.143. The van der Waals surface area contributed by atoms with Crippen LogP contribution >= 0.6 is 0 Å². The second kappa shape index (κ2) is 29.9. The Morgan fingerprint density at radius 3 is 1.64 bits per heavy atom. The van der Waals surface area contributed by atoms with Gasteiger partial charge in [0.15, 0.2) is 0 Å². The molecule has 0 rings (SSSR count). The largest absolute Gasteiger partial charge is 0.466 e. The summed E-state index contributed by atoms with van der Waals surface area (Å²) in [6.45, 7) is 7.43. The maximum atomic E-state index is 11.9. The number of carbonyl (C=O) groups is 1. The van der Waals surface area contributed by atoms with Crippen LogP contribution in [0.25, 0.3) is 0 Å². The van der Waals surface area contributed by atoms with Gasteiger partial charge in [-0.2, -0.15) is 0 Å². The van der Waals surface area contributed by atoms with Gasteiger partial charge < -0.3 is 4.74 Å². The van der Waals surface area contributed by atoms with E-state index in [0.717, 1.165) is 44.4 Å². The average molecular weight is 503 g/mol. The molecule has 2 heteroatoms. The molecule has 0 bridgehead atoms. The zero-order chi connectivity index (χ0) is 26.4. The Morgan fingerprint density at radius 2 is 1.06 bits per heavy atom. The van der Waals surface area contributed by atoms with Crippen molar-refractivity contribution < 1.29 is 9.53 Å². The maximum Gasteiger partial charge on any atom is 0.305 e. The third-order valence-corrected chi connectivity index (χ3v) is 6.72. The highest BCUT2D eigenvalue weighted by Gasteiger charge is 2.02. The number of hydrogen-bond acceptors (Lipinski definition) is 2. The molecule has 2 nitrogen and oxygen atoms in total. The minimum atomic E-state index is 0.00423. The molecule has 0 saturated carbocycles. The predicted octanol–water partition coefficient (Wildman–Crippen LogP) is 11.5. The molecule has 0 aromatic heterocycles. The zero-order valence-corrected chi connectivity index (χ0v) is 24.6. The molecule has 0 atom stereocenters. The zero-order valence-electron chi connectivity index (χ0n) is 24.6. The smallest absolute Gasteiger partial charge is 0.305 e. The molecule has 0 radical (unpaired) electrons. The Hall–Kier alpha value is -1.31. The highest BCUT2D eigenvalue weighted by molar-refractivity contribution is 5.69. The maximum absolute atomic E-state index is 11.9. The number of ether oxygens (including phenoxy) is 1. The molecule has 0 aliphatic heterocycles. The first-order valence-corrected chi connectivity index (χ1v) is 15.8. The van der Waals surface area contributed by atoms with Crippen molar-refractivity contribution in [1.29, 1.82) is 0 Å². The van der Waals surface area contributed by atoms with Gasteiger partial charge in [-0.05, 0) is 50.9 Å². The molecule has 0 spiro atoms. The van der Waals surface area contributed by atoms with Gasteiger partial charge in [0, 0.05) is 6.42 Å². The van der Waals surface area contributed by atoms with Gasteiger partial charge in [0.25, 0.3) is 0 Å². The van der Waals surface area contributed by atoms with Gasteiger partial charge in [-0.1, -0.05) is 147 Å². The Kier molecular flexibility index (Phi) is 28.8. The summed E-state index contributed by atoms with van der Waals surface area (Å²) < 4.78 is 5.41. The van der Waals surface area contributed by atoms with Crippen LogP contribution in [0, 0.1) is 5.92 Å². The molecule has 0 heterocycles. The number of rotatable bonds is 27. The van der Waals surface area contributed by atoms with E-state index in [-0.39, 0.29) is 5.97 Å². The van der Waals surface area contributed by atoms with E-state index in [4.69, 9.17) is 4.74 Å². The van der Waals surface area contributed by atoms with Crippen LogP contribution in [0.15, 0.2) is 36.5 Å². The van der Waals surface area contributed by atoms with Gasteiger partial charge in [0.1, 0.15) is 0 Å². The number of unbranched alkanes of at least 4 members (excludes halogenated alkanes) is 15. The van der Waals surface area contributed by atoms with Gasteiger partial charge in [-0.3, -0.25) is 4.79 Å². The summed E-state index contributed by atoms with van der Waals surface area (Å²) in [5, 5.41) is 0. The van der Waals surface area contributed by atoms with E-state index in [2.05, 4.69) is 57.2 Å². The molecule has 0 amide bonds. The highest BCUT2D eigenvalue weighted by atomic mass is 16.5. The van der Waals surface area contributed by atoms with Crippen molar-refractivity contribution in [2.75, 3.05) is 6.61 Å². The van der Waals surface area contributed by atoms with E-state index < -0.39 is 0 Å². The van der Waals surface area contributed by atoms with Crippen molar-refractivity contribution >= 4 is 5.97 Å². The lowest BCUT2D eigenvalue weighted by Gasteiger charge is -2.06. The molecule has 0 unspecified atom stereocenters. The van der Waals surface area contributed by atoms with Crippen molar-refractivity contribution in [3.63, 3.8) is 0 Å². The van der Waals surface area contributed by atoms with E-state index in [1.54, 1.807) is 0 Å². The van der Waals surface area contributed by atoms with Crippen LogP contribution in [0.4, 0.5) is 0 Å². The third-order valence-electron chi connectivity index (χ3n) is 6.72. The van der Waals surface area contributed by atoms with Crippen LogP contribution in [0.3, 0.4) is 0 Å². The summed E-state index contributed by atoms with van der Waals surface area (Å²) in [6.07, 6.45) is 40.4. The van der Waals surface area contributed by atoms with Gasteiger partial charge in [-0.25, -0.2) is 0 Å². The molecular weight excluding hydrogens is 440 g/mol. The fourth-order valence-corrected chi connectivity index (χ4v) is 4.39. The topological polar surface area (TPSA) is 26.3 Å². The molecule has 0 aliphatic carbocycles. The van der Waals surface area contributed by atoms with E-state index in [9.17, 15) is 4.79 Å². The summed E-state index contributed by atoms with van der Waals surface area (Å²) in [5.41, 5.74) is 0. The number of esters is 1. The predicted molar refractivity (Wildman–Crippen MR) is 160 cm³/mol. The molecule has 0 saturated heterocycles. The highest BCUT2D eigenvalue weighted by Crippen LogP contribution is 2.14. The van der Waals surface area contributed by atoms with E-state index in [0.29, 0.717) is 13.0 Å². The minimum Gasteiger partial charge on any atom is -0.466 e. The summed E-state index contributed by atoms with van der Waals surface area (Å²) >= 11 is 0. The first-order chi connectivity index (χ1) is 17.7. The van der Waals surface area contributed by atoms with Crippen LogP contribution in [0.5, 0.6) is 0 Å². The molecule has 210 valence electrons. The number of carbonyl (C=O) groups excluding carboxylic acids is 1. The van der Waals surface area contributed by atoms with Crippen molar-refractivity contribution in [2.24, 2.45) is 5.92 Å². The molecule has 36 heavy (non-hydrogen) atoms. The Bertz CT molecular complexity index is 529. The van der Waals surface area contributed by atoms with Gasteiger partial charge in [-0.15, -0.1) is 0 Å². The SMILES string of the molecule is CC/C=C\C/C=C\C/C=C\CCCCCCCC(=O)OCCCCCCCCCCCCCC(C)C. The number of hydrogen-bond donors (Lipinski definition) is 0. The lowest BCUT2D eigenvalue weighted by Crippen LogP contribution is -2.05. The Labute approximate surface area is 226 Å². The summed E-state index contributed by atoms with van der Waals surface area (Å²) in [7, 11) is 0.